The summed E-state index contributed by atoms with van der Waals surface area (Å²) < 4.78 is 10.8. The third kappa shape index (κ3) is 2.51. The quantitative estimate of drug-likeness (QED) is 0.939. The number of ether oxygens (including phenoxy) is 2. The van der Waals surface area contributed by atoms with Gasteiger partial charge in [0.2, 0.25) is 6.79 Å². The number of thioether (sulfide) groups is 1. The monoisotopic (exact) mass is 326 g/mol. The number of hydrogen-bond acceptors (Lipinski definition) is 5. The van der Waals surface area contributed by atoms with Crippen molar-refractivity contribution in [3.8, 4) is 11.5 Å². The predicted molar refractivity (Wildman–Crippen MR) is 89.1 cm³/mol. The smallest absolute Gasteiger partial charge is 0.256 e. The second-order valence-corrected chi connectivity index (χ2v) is 6.31. The lowest BCUT2D eigenvalue weighted by molar-refractivity contribution is -0.113. The number of rotatable bonds is 3. The molecule has 0 spiro atoms. The van der Waals surface area contributed by atoms with Gasteiger partial charge < -0.3 is 20.1 Å². The Labute approximate surface area is 137 Å². The first-order valence-corrected chi connectivity index (χ1v) is 8.01. The average molecular weight is 326 g/mol. The number of nitrogens with zero attached hydrogens (tertiary/aromatic N) is 1. The van der Waals surface area contributed by atoms with Crippen LogP contribution >= 0.6 is 11.8 Å². The number of fused-ring (bicyclic) bond motifs is 1. The number of primary amides is 1. The van der Waals surface area contributed by atoms with Crippen LogP contribution in [0, 0.1) is 0 Å². The molecule has 23 heavy (non-hydrogen) atoms. The predicted octanol–water partition coefficient (Wildman–Crippen LogP) is 2.99. The molecule has 0 radical (unpaired) electrons. The van der Waals surface area contributed by atoms with Crippen LogP contribution in [0.3, 0.4) is 0 Å². The molecule has 4 rings (SSSR count). The standard InChI is InChI=1S/C17H14N2O3S/c18-16(20)15-9-19(12-4-2-1-3-5-12)17(23-15)11-6-7-13-14(8-11)22-10-21-13/h1-9,17H,10H2,(H2,18,20). The van der Waals surface area contributed by atoms with E-state index in [1.165, 1.54) is 11.8 Å². The maximum absolute atomic E-state index is 11.6. The molecule has 2 aromatic rings. The van der Waals surface area contributed by atoms with E-state index in [1.807, 2.05) is 53.4 Å². The summed E-state index contributed by atoms with van der Waals surface area (Å²) in [4.78, 5) is 14.2. The van der Waals surface area contributed by atoms with Crippen molar-refractivity contribution in [1.82, 2.24) is 0 Å². The van der Waals surface area contributed by atoms with Crippen molar-refractivity contribution < 1.29 is 14.3 Å². The highest BCUT2D eigenvalue weighted by atomic mass is 32.2. The Morgan fingerprint density at radius 1 is 1.13 bits per heavy atom. The lowest BCUT2D eigenvalue weighted by atomic mass is 10.1. The summed E-state index contributed by atoms with van der Waals surface area (Å²) >= 11 is 1.44. The molecule has 6 heteroatoms. The van der Waals surface area contributed by atoms with Gasteiger partial charge in [-0.05, 0) is 29.8 Å². The molecule has 1 unspecified atom stereocenters. The van der Waals surface area contributed by atoms with Gasteiger partial charge in [-0.1, -0.05) is 36.0 Å². The van der Waals surface area contributed by atoms with E-state index in [0.717, 1.165) is 22.7 Å². The maximum Gasteiger partial charge on any atom is 0.256 e. The van der Waals surface area contributed by atoms with Crippen molar-refractivity contribution in [1.29, 1.82) is 0 Å². The molecule has 0 aromatic heterocycles. The SMILES string of the molecule is NC(=O)C1=CN(c2ccccc2)C(c2ccc3c(c2)OCO3)S1. The summed E-state index contributed by atoms with van der Waals surface area (Å²) in [6.45, 7) is 0.240. The van der Waals surface area contributed by atoms with E-state index in [9.17, 15) is 4.79 Å². The van der Waals surface area contributed by atoms with Gasteiger partial charge in [-0.25, -0.2) is 0 Å². The molecule has 0 aliphatic carbocycles. The summed E-state index contributed by atoms with van der Waals surface area (Å²) in [6, 6.07) is 15.7. The first-order chi connectivity index (χ1) is 11.2. The van der Waals surface area contributed by atoms with Gasteiger partial charge in [0, 0.05) is 11.9 Å². The van der Waals surface area contributed by atoms with E-state index < -0.39 is 5.91 Å². The van der Waals surface area contributed by atoms with Crippen LogP contribution in [0.2, 0.25) is 0 Å². The average Bonchev–Trinajstić information content (AvgIpc) is 3.22. The number of para-hydroxylation sites is 1. The number of nitrogens with two attached hydrogens (primary N) is 1. The third-order valence-corrected chi connectivity index (χ3v) is 5.01. The molecule has 0 saturated heterocycles. The minimum Gasteiger partial charge on any atom is -0.454 e. The van der Waals surface area contributed by atoms with E-state index in [2.05, 4.69) is 0 Å². The summed E-state index contributed by atoms with van der Waals surface area (Å²) in [5, 5.41) is -0.0746. The molecule has 2 aliphatic rings. The van der Waals surface area contributed by atoms with Crippen LogP contribution in [0.1, 0.15) is 10.9 Å². The van der Waals surface area contributed by atoms with Crippen LogP contribution in [0.25, 0.3) is 0 Å². The van der Waals surface area contributed by atoms with Gasteiger partial charge in [0.05, 0.1) is 4.91 Å². The van der Waals surface area contributed by atoms with Gasteiger partial charge in [0.15, 0.2) is 11.5 Å². The highest BCUT2D eigenvalue weighted by molar-refractivity contribution is 8.04. The Hall–Kier alpha value is -2.60. The molecule has 1 amide bonds. The van der Waals surface area contributed by atoms with Crippen LogP contribution in [0.15, 0.2) is 59.6 Å². The largest absolute Gasteiger partial charge is 0.454 e. The molecule has 116 valence electrons. The van der Waals surface area contributed by atoms with Gasteiger partial charge in [-0.2, -0.15) is 0 Å². The minimum atomic E-state index is -0.417. The Kier molecular flexibility index (Phi) is 3.38. The topological polar surface area (TPSA) is 64.8 Å². The normalized spacial score (nSPS) is 18.9. The van der Waals surface area contributed by atoms with Crippen molar-refractivity contribution >= 4 is 23.4 Å². The van der Waals surface area contributed by atoms with E-state index >= 15 is 0 Å². The number of anilines is 1. The minimum absolute atomic E-state index is 0.0746. The first kappa shape index (κ1) is 14.0. The van der Waals surface area contributed by atoms with Crippen LogP contribution < -0.4 is 20.1 Å². The lowest BCUT2D eigenvalue weighted by Gasteiger charge is -2.25. The Bertz CT molecular complexity index is 792. The van der Waals surface area contributed by atoms with Crippen molar-refractivity contribution in [2.24, 2.45) is 5.73 Å². The number of amides is 1. The Morgan fingerprint density at radius 2 is 1.91 bits per heavy atom. The molecular formula is C17H14N2O3S. The highest BCUT2D eigenvalue weighted by Crippen LogP contribution is 2.47. The van der Waals surface area contributed by atoms with Crippen molar-refractivity contribution in [2.45, 2.75) is 5.37 Å². The molecule has 2 aliphatic heterocycles. The zero-order valence-electron chi connectivity index (χ0n) is 12.1. The van der Waals surface area contributed by atoms with Crippen LogP contribution in [0.4, 0.5) is 5.69 Å². The van der Waals surface area contributed by atoms with Crippen LogP contribution in [-0.2, 0) is 4.79 Å². The summed E-state index contributed by atoms with van der Waals surface area (Å²) in [5.41, 5.74) is 7.49. The third-order valence-electron chi connectivity index (χ3n) is 3.73. The van der Waals surface area contributed by atoms with Gasteiger partial charge >= 0.3 is 0 Å². The second kappa shape index (κ2) is 5.55. The van der Waals surface area contributed by atoms with E-state index in [0.29, 0.717) is 4.91 Å². The zero-order chi connectivity index (χ0) is 15.8. The fourth-order valence-electron chi connectivity index (χ4n) is 2.63. The Balaban J connectivity index is 1.73. The fourth-order valence-corrected chi connectivity index (χ4v) is 3.74. The molecular weight excluding hydrogens is 312 g/mol. The molecule has 0 bridgehead atoms. The second-order valence-electron chi connectivity index (χ2n) is 5.18. The number of carbonyl (C=O) groups excluding carboxylic acids is 1. The van der Waals surface area contributed by atoms with Crippen molar-refractivity contribution in [3.05, 3.63) is 65.2 Å². The molecule has 0 saturated carbocycles. The molecule has 0 fully saturated rings. The number of benzene rings is 2. The van der Waals surface area contributed by atoms with Crippen molar-refractivity contribution in [2.75, 3.05) is 11.7 Å². The highest BCUT2D eigenvalue weighted by Gasteiger charge is 2.31. The van der Waals surface area contributed by atoms with Gasteiger partial charge in [0.25, 0.3) is 5.91 Å². The number of carbonyl (C=O) groups is 1. The van der Waals surface area contributed by atoms with Crippen LogP contribution in [0.5, 0.6) is 11.5 Å². The van der Waals surface area contributed by atoms with Crippen LogP contribution in [-0.4, -0.2) is 12.7 Å². The van der Waals surface area contributed by atoms with Gasteiger partial charge in [-0.15, -0.1) is 0 Å². The molecule has 2 heterocycles. The van der Waals surface area contributed by atoms with Crippen molar-refractivity contribution in [3.63, 3.8) is 0 Å². The maximum atomic E-state index is 11.6. The van der Waals surface area contributed by atoms with E-state index in [-0.39, 0.29) is 12.2 Å². The van der Waals surface area contributed by atoms with E-state index in [1.54, 1.807) is 6.20 Å². The van der Waals surface area contributed by atoms with E-state index in [4.69, 9.17) is 15.2 Å². The lowest BCUT2D eigenvalue weighted by Crippen LogP contribution is -2.16. The fraction of sp³-hybridized carbons (Fsp3) is 0.118. The zero-order valence-corrected chi connectivity index (χ0v) is 13.0. The first-order valence-electron chi connectivity index (χ1n) is 7.13. The summed E-state index contributed by atoms with van der Waals surface area (Å²) in [7, 11) is 0. The molecule has 5 nitrogen and oxygen atoms in total. The van der Waals surface area contributed by atoms with Gasteiger partial charge in [-0.3, -0.25) is 4.79 Å². The summed E-state index contributed by atoms with van der Waals surface area (Å²) in [6.07, 6.45) is 1.80. The number of hydrogen-bond donors (Lipinski definition) is 1. The van der Waals surface area contributed by atoms with Gasteiger partial charge in [0.1, 0.15) is 5.37 Å². The Morgan fingerprint density at radius 3 is 2.70 bits per heavy atom. The molecule has 2 aromatic carbocycles. The summed E-state index contributed by atoms with van der Waals surface area (Å²) in [5.74, 6) is 1.05. The molecule has 2 N–H and O–H groups in total. The molecule has 1 atom stereocenters.